The summed E-state index contributed by atoms with van der Waals surface area (Å²) in [7, 11) is 0. The Morgan fingerprint density at radius 2 is 0.750 bits per heavy atom. The molecule has 0 aliphatic heterocycles. The number of carboxylic acid groups (broad SMARTS) is 1. The lowest BCUT2D eigenvalue weighted by Crippen LogP contribution is -2.54. The fraction of sp³-hybridized carbons (Fsp3) is 0.902. The highest BCUT2D eigenvalue weighted by atomic mass is 16.4. The second-order valence-electron chi connectivity index (χ2n) is 14.2. The molecule has 0 aromatic heterocycles. The lowest BCUT2D eigenvalue weighted by molar-refractivity contribution is -0.156. The van der Waals surface area contributed by atoms with Crippen molar-refractivity contribution in [2.45, 2.75) is 226 Å². The van der Waals surface area contributed by atoms with Gasteiger partial charge in [-0.15, -0.1) is 0 Å². The Balaban J connectivity index is 5.61. The van der Waals surface area contributed by atoms with Crippen LogP contribution >= 0.6 is 0 Å². The normalized spacial score (nSPS) is 11.8. The summed E-state index contributed by atoms with van der Waals surface area (Å²) in [6.45, 7) is 9.81. The lowest BCUT2D eigenvalue weighted by atomic mass is 10.0. The number of imide groups is 1. The summed E-state index contributed by atoms with van der Waals surface area (Å²) in [5.41, 5.74) is 0. The van der Waals surface area contributed by atoms with E-state index in [1.807, 2.05) is 4.90 Å². The summed E-state index contributed by atoms with van der Waals surface area (Å²) in [6.07, 6.45) is 29.3. The zero-order valence-corrected chi connectivity index (χ0v) is 32.2. The lowest BCUT2D eigenvalue weighted by Gasteiger charge is -2.34. The highest BCUT2D eigenvalue weighted by molar-refractivity contribution is 6.00. The molecule has 1 atom stereocenters. The first-order valence-corrected chi connectivity index (χ1v) is 20.7. The van der Waals surface area contributed by atoms with Gasteiger partial charge in [0.15, 0.2) is 0 Å². The zero-order valence-electron chi connectivity index (χ0n) is 32.2. The Morgan fingerprint density at radius 1 is 0.438 bits per heavy atom. The molecule has 0 radical (unpaired) electrons. The van der Waals surface area contributed by atoms with E-state index in [9.17, 15) is 24.3 Å². The van der Waals surface area contributed by atoms with Crippen LogP contribution in [0.2, 0.25) is 0 Å². The Kier molecular flexibility index (Phi) is 32.2. The van der Waals surface area contributed by atoms with Crippen LogP contribution in [0.3, 0.4) is 0 Å². The standard InChI is InChI=1S/C41H78N2O5/c1-5-9-13-15-17-19-21-23-25-29-35-42(36-30-26-24-22-20-18-16-14-10-6-2)41(48)37(33-34-40(46)47)43(38(44)31-27-11-7-3)39(45)32-28-12-8-4/h37H,5-36H2,1-4H3,(H,46,47)/t37-/m0/s1. The van der Waals surface area contributed by atoms with Crippen molar-refractivity contribution in [3.63, 3.8) is 0 Å². The number of unbranched alkanes of at least 4 members (excludes halogenated alkanes) is 22. The molecule has 0 fully saturated rings. The first kappa shape index (κ1) is 46.1. The van der Waals surface area contributed by atoms with Crippen LogP contribution < -0.4 is 0 Å². The summed E-state index contributed by atoms with van der Waals surface area (Å²) < 4.78 is 0. The summed E-state index contributed by atoms with van der Waals surface area (Å²) >= 11 is 0. The van der Waals surface area contributed by atoms with E-state index < -0.39 is 12.0 Å². The SMILES string of the molecule is CCCCCCCCCCCCN(CCCCCCCCCCCC)C(=O)[C@H](CCC(=O)O)N(C(=O)CCCCC)C(=O)CCCCC. The first-order valence-electron chi connectivity index (χ1n) is 20.7. The third-order valence-corrected chi connectivity index (χ3v) is 9.63. The smallest absolute Gasteiger partial charge is 0.303 e. The summed E-state index contributed by atoms with van der Waals surface area (Å²) in [5.74, 6) is -1.91. The van der Waals surface area contributed by atoms with Gasteiger partial charge in [0.25, 0.3) is 0 Å². The van der Waals surface area contributed by atoms with Gasteiger partial charge in [-0.2, -0.15) is 0 Å². The molecule has 0 rings (SSSR count). The topological polar surface area (TPSA) is 95.0 Å². The number of amides is 3. The fourth-order valence-corrected chi connectivity index (χ4v) is 6.53. The van der Waals surface area contributed by atoms with Crippen molar-refractivity contribution in [3.8, 4) is 0 Å². The number of nitrogens with zero attached hydrogens (tertiary/aromatic N) is 2. The van der Waals surface area contributed by atoms with E-state index in [-0.39, 0.29) is 43.4 Å². The number of hydrogen-bond donors (Lipinski definition) is 1. The van der Waals surface area contributed by atoms with Gasteiger partial charge in [0, 0.05) is 32.4 Å². The van der Waals surface area contributed by atoms with E-state index in [4.69, 9.17) is 0 Å². The van der Waals surface area contributed by atoms with Crippen LogP contribution in [-0.2, 0) is 19.2 Å². The van der Waals surface area contributed by atoms with Crippen LogP contribution in [0.5, 0.6) is 0 Å². The minimum Gasteiger partial charge on any atom is -0.481 e. The van der Waals surface area contributed by atoms with E-state index in [0.29, 0.717) is 25.9 Å². The molecule has 0 bridgehead atoms. The number of rotatable bonds is 35. The minimum absolute atomic E-state index is 0.0280. The maximum atomic E-state index is 14.3. The van der Waals surface area contributed by atoms with Crippen LogP contribution in [0.25, 0.3) is 0 Å². The van der Waals surface area contributed by atoms with Crippen LogP contribution in [0, 0.1) is 0 Å². The van der Waals surface area contributed by atoms with Crippen molar-refractivity contribution in [2.75, 3.05) is 13.1 Å². The molecule has 1 N–H and O–H groups in total. The molecule has 7 nitrogen and oxygen atoms in total. The van der Waals surface area contributed by atoms with E-state index in [2.05, 4.69) is 27.7 Å². The van der Waals surface area contributed by atoms with Crippen molar-refractivity contribution in [1.29, 1.82) is 0 Å². The molecule has 0 aromatic rings. The average Bonchev–Trinajstić information content (AvgIpc) is 3.07. The predicted molar refractivity (Wildman–Crippen MR) is 201 cm³/mol. The molecule has 0 saturated heterocycles. The summed E-state index contributed by atoms with van der Waals surface area (Å²) in [6, 6.07) is -1.05. The van der Waals surface area contributed by atoms with Gasteiger partial charge < -0.3 is 10.0 Å². The first-order chi connectivity index (χ1) is 23.3. The molecular weight excluding hydrogens is 600 g/mol. The maximum absolute atomic E-state index is 14.3. The number of aliphatic carboxylic acids is 1. The molecule has 0 aromatic carbocycles. The number of carbonyl (C=O) groups is 4. The van der Waals surface area contributed by atoms with Crippen molar-refractivity contribution in [2.24, 2.45) is 0 Å². The predicted octanol–water partition coefficient (Wildman–Crippen LogP) is 11.4. The highest BCUT2D eigenvalue weighted by Crippen LogP contribution is 2.20. The van der Waals surface area contributed by atoms with Gasteiger partial charge in [0.05, 0.1) is 0 Å². The molecule has 0 aliphatic carbocycles. The van der Waals surface area contributed by atoms with Crippen molar-refractivity contribution >= 4 is 23.7 Å². The van der Waals surface area contributed by atoms with Crippen molar-refractivity contribution in [3.05, 3.63) is 0 Å². The second-order valence-corrected chi connectivity index (χ2v) is 14.2. The Hall–Kier alpha value is -1.92. The molecular formula is C41H78N2O5. The average molecular weight is 679 g/mol. The van der Waals surface area contributed by atoms with E-state index in [1.165, 1.54) is 94.8 Å². The number of carbonyl (C=O) groups excluding carboxylic acids is 3. The second kappa shape index (κ2) is 33.6. The molecule has 0 heterocycles. The van der Waals surface area contributed by atoms with Gasteiger partial charge in [-0.05, 0) is 32.1 Å². The molecule has 282 valence electrons. The third-order valence-electron chi connectivity index (χ3n) is 9.63. The molecule has 0 saturated carbocycles. The van der Waals surface area contributed by atoms with Gasteiger partial charge in [-0.1, -0.05) is 169 Å². The minimum atomic E-state index is -1.05. The van der Waals surface area contributed by atoms with Gasteiger partial charge in [0.1, 0.15) is 6.04 Å². The van der Waals surface area contributed by atoms with Gasteiger partial charge >= 0.3 is 5.97 Å². The molecule has 0 unspecified atom stereocenters. The highest BCUT2D eigenvalue weighted by Gasteiger charge is 2.36. The quantitative estimate of drug-likeness (QED) is 0.0673. The maximum Gasteiger partial charge on any atom is 0.303 e. The molecule has 48 heavy (non-hydrogen) atoms. The van der Waals surface area contributed by atoms with Gasteiger partial charge in [-0.25, -0.2) is 0 Å². The van der Waals surface area contributed by atoms with Crippen molar-refractivity contribution < 1.29 is 24.3 Å². The Labute approximate surface area is 296 Å². The third kappa shape index (κ3) is 25.1. The monoisotopic (exact) mass is 679 g/mol. The van der Waals surface area contributed by atoms with Crippen LogP contribution in [0.1, 0.15) is 220 Å². The summed E-state index contributed by atoms with van der Waals surface area (Å²) in [5, 5.41) is 9.58. The van der Waals surface area contributed by atoms with Crippen LogP contribution in [0.4, 0.5) is 0 Å². The number of carboxylic acids is 1. The number of hydrogen-bond acceptors (Lipinski definition) is 4. The van der Waals surface area contributed by atoms with E-state index in [0.717, 1.165) is 64.2 Å². The van der Waals surface area contributed by atoms with E-state index >= 15 is 0 Å². The largest absolute Gasteiger partial charge is 0.481 e. The van der Waals surface area contributed by atoms with Crippen molar-refractivity contribution in [1.82, 2.24) is 9.80 Å². The Bertz CT molecular complexity index is 756. The van der Waals surface area contributed by atoms with Gasteiger partial charge in [-0.3, -0.25) is 24.1 Å². The zero-order chi connectivity index (χ0) is 35.7. The van der Waals surface area contributed by atoms with E-state index in [1.54, 1.807) is 0 Å². The van der Waals surface area contributed by atoms with Crippen LogP contribution in [-0.4, -0.2) is 57.7 Å². The summed E-state index contributed by atoms with van der Waals surface area (Å²) in [4.78, 5) is 56.3. The molecule has 0 aliphatic rings. The Morgan fingerprint density at radius 3 is 1.08 bits per heavy atom. The molecule has 0 spiro atoms. The van der Waals surface area contributed by atoms with Gasteiger partial charge in [0.2, 0.25) is 17.7 Å². The molecule has 7 heteroatoms. The fourth-order valence-electron chi connectivity index (χ4n) is 6.53. The molecule has 3 amide bonds. The van der Waals surface area contributed by atoms with Crippen LogP contribution in [0.15, 0.2) is 0 Å².